The highest BCUT2D eigenvalue weighted by atomic mass is 35.5. The van der Waals surface area contributed by atoms with E-state index in [1.54, 1.807) is 7.11 Å². The molecule has 0 spiro atoms. The second-order valence-corrected chi connectivity index (χ2v) is 9.14. The third kappa shape index (κ3) is 9.28. The normalized spacial score (nSPS) is 23.7. The number of carbonyl (C=O) groups is 1. The zero-order chi connectivity index (χ0) is 24.1. The van der Waals surface area contributed by atoms with E-state index in [2.05, 4.69) is 13.0 Å². The van der Waals surface area contributed by atoms with Crippen LogP contribution >= 0.6 is 11.6 Å². The van der Waals surface area contributed by atoms with Crippen molar-refractivity contribution in [2.24, 2.45) is 11.8 Å². The van der Waals surface area contributed by atoms with Gasteiger partial charge in [0.25, 0.3) is 0 Å². The van der Waals surface area contributed by atoms with E-state index in [0.29, 0.717) is 25.9 Å². The van der Waals surface area contributed by atoms with E-state index in [1.165, 1.54) is 0 Å². The van der Waals surface area contributed by atoms with Gasteiger partial charge in [-0.15, -0.1) is 11.6 Å². The maximum absolute atomic E-state index is 11.4. The third-order valence-electron chi connectivity index (χ3n) is 6.19. The van der Waals surface area contributed by atoms with Gasteiger partial charge in [-0.05, 0) is 55.7 Å². The number of ether oxygens (including phenoxy) is 3. The van der Waals surface area contributed by atoms with Gasteiger partial charge in [0.2, 0.25) is 0 Å². The van der Waals surface area contributed by atoms with Crippen LogP contribution in [0.5, 0.6) is 5.75 Å². The Morgan fingerprint density at radius 2 is 2.00 bits per heavy atom. The average Bonchev–Trinajstić information content (AvgIpc) is 3.09. The van der Waals surface area contributed by atoms with Crippen molar-refractivity contribution in [2.45, 2.75) is 69.5 Å². The predicted molar refractivity (Wildman–Crippen MR) is 129 cm³/mol. The first-order chi connectivity index (χ1) is 16.0. The molecule has 0 aromatic heterocycles. The molecule has 1 aliphatic carbocycles. The standard InChI is InChI=1S/C26H39ClO6/c1-3-8-25(31-2)19-11-13-20(14-12-19)33-18-22-21(23(27)17-24(22)29)9-6-4-5-7-10-26(30)32-16-15-28/h4,6,11-14,21-25,28-29H,3,5,7-10,15-18H2,1-2H3/b6-4-/t21-,22-,23-,24-,25?/m1/s1. The van der Waals surface area contributed by atoms with Gasteiger partial charge < -0.3 is 24.4 Å². The largest absolute Gasteiger partial charge is 0.493 e. The van der Waals surface area contributed by atoms with Gasteiger partial charge in [-0.3, -0.25) is 4.79 Å². The van der Waals surface area contributed by atoms with Crippen molar-refractivity contribution in [3.63, 3.8) is 0 Å². The topological polar surface area (TPSA) is 85.2 Å². The number of hydrogen-bond donors (Lipinski definition) is 2. The second-order valence-electron chi connectivity index (χ2n) is 8.58. The summed E-state index contributed by atoms with van der Waals surface area (Å²) in [6.07, 6.45) is 8.92. The van der Waals surface area contributed by atoms with E-state index in [9.17, 15) is 9.90 Å². The molecule has 0 saturated heterocycles. The first-order valence-electron chi connectivity index (χ1n) is 12.0. The monoisotopic (exact) mass is 482 g/mol. The molecule has 0 aliphatic heterocycles. The molecule has 186 valence electrons. The Hall–Kier alpha value is -1.60. The van der Waals surface area contributed by atoms with Gasteiger partial charge in [-0.2, -0.15) is 0 Å². The minimum atomic E-state index is -0.478. The first-order valence-corrected chi connectivity index (χ1v) is 12.4. The van der Waals surface area contributed by atoms with Crippen molar-refractivity contribution in [3.05, 3.63) is 42.0 Å². The van der Waals surface area contributed by atoms with Gasteiger partial charge in [-0.1, -0.05) is 37.6 Å². The van der Waals surface area contributed by atoms with Crippen LogP contribution in [0, 0.1) is 11.8 Å². The van der Waals surface area contributed by atoms with Crippen LogP contribution in [0.25, 0.3) is 0 Å². The molecule has 6 nitrogen and oxygen atoms in total. The SMILES string of the molecule is CCCC(OC)c1ccc(OC[C@@H]2[C@@H](C/C=C\CCCC(=O)OCCO)[C@H](Cl)C[C@H]2O)cc1. The zero-order valence-corrected chi connectivity index (χ0v) is 20.6. The Bertz CT molecular complexity index is 707. The van der Waals surface area contributed by atoms with Gasteiger partial charge in [0.15, 0.2) is 0 Å². The molecule has 0 bridgehead atoms. The number of unbranched alkanes of at least 4 members (excludes halogenated alkanes) is 1. The summed E-state index contributed by atoms with van der Waals surface area (Å²) in [5, 5.41) is 19.1. The molecule has 2 rings (SSSR count). The summed E-state index contributed by atoms with van der Waals surface area (Å²) in [5.41, 5.74) is 1.14. The Labute approximate surface area is 202 Å². The summed E-state index contributed by atoms with van der Waals surface area (Å²) in [5.74, 6) is 0.592. The molecule has 7 heteroatoms. The fourth-order valence-corrected chi connectivity index (χ4v) is 4.78. The molecule has 1 aromatic carbocycles. The molecular formula is C26H39ClO6. The molecule has 1 aromatic rings. The van der Waals surface area contributed by atoms with Crippen molar-refractivity contribution in [1.29, 1.82) is 0 Å². The summed E-state index contributed by atoms with van der Waals surface area (Å²) in [7, 11) is 1.73. The van der Waals surface area contributed by atoms with E-state index in [4.69, 9.17) is 30.9 Å². The van der Waals surface area contributed by atoms with Crippen molar-refractivity contribution >= 4 is 17.6 Å². The van der Waals surface area contributed by atoms with Gasteiger partial charge >= 0.3 is 5.97 Å². The van der Waals surface area contributed by atoms with Crippen LogP contribution in [0.2, 0.25) is 0 Å². The molecular weight excluding hydrogens is 444 g/mol. The number of rotatable bonds is 15. The Kier molecular flexibility index (Phi) is 12.8. The van der Waals surface area contributed by atoms with E-state index >= 15 is 0 Å². The molecule has 0 radical (unpaired) electrons. The van der Waals surface area contributed by atoms with Gasteiger partial charge in [0, 0.05) is 24.8 Å². The summed E-state index contributed by atoms with van der Waals surface area (Å²) in [6.45, 7) is 2.46. The fraction of sp³-hybridized carbons (Fsp3) is 0.654. The quantitative estimate of drug-likeness (QED) is 0.161. The summed E-state index contributed by atoms with van der Waals surface area (Å²) in [6, 6.07) is 7.98. The van der Waals surface area contributed by atoms with Crippen LogP contribution in [-0.2, 0) is 14.3 Å². The number of allylic oxidation sites excluding steroid dienone is 2. The van der Waals surface area contributed by atoms with Crippen molar-refractivity contribution in [1.82, 2.24) is 0 Å². The Morgan fingerprint density at radius 3 is 2.67 bits per heavy atom. The molecule has 5 atom stereocenters. The number of esters is 1. The smallest absolute Gasteiger partial charge is 0.305 e. The number of alkyl halides is 1. The van der Waals surface area contributed by atoms with Crippen LogP contribution in [-0.4, -0.2) is 54.6 Å². The zero-order valence-electron chi connectivity index (χ0n) is 19.8. The van der Waals surface area contributed by atoms with E-state index in [-0.39, 0.29) is 42.5 Å². The highest BCUT2D eigenvalue weighted by Gasteiger charge is 2.41. The lowest BCUT2D eigenvalue weighted by Gasteiger charge is -2.23. The van der Waals surface area contributed by atoms with Crippen LogP contribution in [0.15, 0.2) is 36.4 Å². The van der Waals surface area contributed by atoms with Crippen LogP contribution in [0.3, 0.4) is 0 Å². The number of halogens is 1. The number of aliphatic hydroxyl groups excluding tert-OH is 2. The van der Waals surface area contributed by atoms with Crippen LogP contribution in [0.4, 0.5) is 0 Å². The molecule has 0 amide bonds. The predicted octanol–water partition coefficient (Wildman–Crippen LogP) is 4.81. The van der Waals surface area contributed by atoms with Crippen LogP contribution in [0.1, 0.15) is 63.5 Å². The lowest BCUT2D eigenvalue weighted by Crippen LogP contribution is -2.27. The van der Waals surface area contributed by atoms with Gasteiger partial charge in [-0.25, -0.2) is 0 Å². The lowest BCUT2D eigenvalue weighted by molar-refractivity contribution is -0.144. The number of methoxy groups -OCH3 is 1. The second kappa shape index (κ2) is 15.3. The van der Waals surface area contributed by atoms with Crippen molar-refractivity contribution in [3.8, 4) is 5.75 Å². The fourth-order valence-electron chi connectivity index (χ4n) is 4.31. The van der Waals surface area contributed by atoms with E-state index in [0.717, 1.165) is 37.0 Å². The molecule has 0 heterocycles. The molecule has 33 heavy (non-hydrogen) atoms. The molecule has 1 aliphatic rings. The Balaban J connectivity index is 1.80. The van der Waals surface area contributed by atoms with Crippen molar-refractivity contribution in [2.75, 3.05) is 26.9 Å². The molecule has 1 saturated carbocycles. The molecule has 2 N–H and O–H groups in total. The maximum Gasteiger partial charge on any atom is 0.305 e. The average molecular weight is 483 g/mol. The number of hydrogen-bond acceptors (Lipinski definition) is 6. The number of carbonyl (C=O) groups excluding carboxylic acids is 1. The highest BCUT2D eigenvalue weighted by Crippen LogP contribution is 2.39. The van der Waals surface area contributed by atoms with Gasteiger partial charge in [0.1, 0.15) is 12.4 Å². The van der Waals surface area contributed by atoms with Crippen LogP contribution < -0.4 is 4.74 Å². The highest BCUT2D eigenvalue weighted by molar-refractivity contribution is 6.21. The Morgan fingerprint density at radius 1 is 1.24 bits per heavy atom. The summed E-state index contributed by atoms with van der Waals surface area (Å²) in [4.78, 5) is 11.4. The lowest BCUT2D eigenvalue weighted by atomic mass is 9.92. The number of benzene rings is 1. The van der Waals surface area contributed by atoms with E-state index in [1.807, 2.05) is 30.3 Å². The molecule has 1 unspecified atom stereocenters. The first kappa shape index (κ1) is 27.6. The van der Waals surface area contributed by atoms with E-state index < -0.39 is 6.10 Å². The van der Waals surface area contributed by atoms with Gasteiger partial charge in [0.05, 0.1) is 25.4 Å². The summed E-state index contributed by atoms with van der Waals surface area (Å²) < 4.78 is 16.4. The maximum atomic E-state index is 11.4. The third-order valence-corrected chi connectivity index (χ3v) is 6.69. The molecule has 1 fully saturated rings. The number of aliphatic hydroxyl groups is 2. The minimum absolute atomic E-state index is 0.0305. The summed E-state index contributed by atoms with van der Waals surface area (Å²) >= 11 is 6.54. The van der Waals surface area contributed by atoms with Crippen molar-refractivity contribution < 1.29 is 29.2 Å². The minimum Gasteiger partial charge on any atom is -0.493 e.